The van der Waals surface area contributed by atoms with E-state index in [1.165, 1.54) is 17.7 Å². The third-order valence-corrected chi connectivity index (χ3v) is 4.08. The minimum Gasteiger partial charge on any atom is -0.309 e. The van der Waals surface area contributed by atoms with Crippen LogP contribution in [0.25, 0.3) is 0 Å². The summed E-state index contributed by atoms with van der Waals surface area (Å²) in [6, 6.07) is 2.77. The maximum Gasteiger partial charge on any atom is 0.0420 e. The van der Waals surface area contributed by atoms with Crippen LogP contribution in [0, 0.1) is 0 Å². The Kier molecular flexibility index (Phi) is 6.37. The van der Waals surface area contributed by atoms with Crippen molar-refractivity contribution < 1.29 is 0 Å². The molecule has 1 N–H and O–H groups in total. The van der Waals surface area contributed by atoms with Crippen LogP contribution in [0.15, 0.2) is 16.8 Å². The van der Waals surface area contributed by atoms with Crippen molar-refractivity contribution in [1.82, 2.24) is 5.32 Å². The summed E-state index contributed by atoms with van der Waals surface area (Å²) in [6.45, 7) is 7.84. The highest BCUT2D eigenvalue weighted by Gasteiger charge is 2.11. The van der Waals surface area contributed by atoms with Gasteiger partial charge in [-0.1, -0.05) is 20.8 Å². The standard InChI is InChI=1S/C12H21NS2/c1-4-6-13-12(9-15-10(2)3)11-5-7-14-8-11/h5,7-8,10,12-13H,4,6,9H2,1-3H3. The van der Waals surface area contributed by atoms with Crippen LogP contribution < -0.4 is 5.32 Å². The quantitative estimate of drug-likeness (QED) is 0.779. The highest BCUT2D eigenvalue weighted by molar-refractivity contribution is 7.99. The van der Waals surface area contributed by atoms with Gasteiger partial charge in [0.15, 0.2) is 0 Å². The molecule has 1 atom stereocenters. The molecule has 0 bridgehead atoms. The van der Waals surface area contributed by atoms with Gasteiger partial charge in [-0.05, 0) is 40.6 Å². The highest BCUT2D eigenvalue weighted by atomic mass is 32.2. The molecule has 0 saturated heterocycles. The van der Waals surface area contributed by atoms with E-state index >= 15 is 0 Å². The minimum absolute atomic E-state index is 0.531. The summed E-state index contributed by atoms with van der Waals surface area (Å²) in [4.78, 5) is 0. The number of rotatable bonds is 7. The molecule has 0 aliphatic rings. The van der Waals surface area contributed by atoms with E-state index in [1.54, 1.807) is 11.3 Å². The van der Waals surface area contributed by atoms with Gasteiger partial charge in [0, 0.05) is 11.8 Å². The van der Waals surface area contributed by atoms with Crippen molar-refractivity contribution in [3.8, 4) is 0 Å². The molecule has 1 nitrogen and oxygen atoms in total. The van der Waals surface area contributed by atoms with Gasteiger partial charge >= 0.3 is 0 Å². The normalized spacial score (nSPS) is 13.3. The second kappa shape index (κ2) is 7.31. The van der Waals surface area contributed by atoms with E-state index in [4.69, 9.17) is 0 Å². The molecule has 0 radical (unpaired) electrons. The summed E-state index contributed by atoms with van der Waals surface area (Å²) in [5, 5.41) is 8.75. The molecule has 3 heteroatoms. The second-order valence-corrected chi connectivity index (χ2v) is 6.33. The smallest absolute Gasteiger partial charge is 0.0420 e. The van der Waals surface area contributed by atoms with Gasteiger partial charge in [-0.25, -0.2) is 0 Å². The zero-order valence-electron chi connectivity index (χ0n) is 9.82. The van der Waals surface area contributed by atoms with Crippen molar-refractivity contribution >= 4 is 23.1 Å². The van der Waals surface area contributed by atoms with E-state index in [9.17, 15) is 0 Å². The maximum absolute atomic E-state index is 3.61. The highest BCUT2D eigenvalue weighted by Crippen LogP contribution is 2.22. The van der Waals surface area contributed by atoms with Gasteiger partial charge in [0.1, 0.15) is 0 Å². The third-order valence-electron chi connectivity index (χ3n) is 2.18. The molecular formula is C12H21NS2. The molecule has 86 valence electrons. The van der Waals surface area contributed by atoms with Crippen LogP contribution in [0.3, 0.4) is 0 Å². The number of hydrogen-bond donors (Lipinski definition) is 1. The summed E-state index contributed by atoms with van der Waals surface area (Å²) >= 11 is 3.82. The van der Waals surface area contributed by atoms with E-state index in [-0.39, 0.29) is 0 Å². The molecule has 1 aromatic heterocycles. The second-order valence-electron chi connectivity index (χ2n) is 3.95. The summed E-state index contributed by atoms with van der Waals surface area (Å²) in [5.41, 5.74) is 1.45. The Balaban J connectivity index is 2.46. The van der Waals surface area contributed by atoms with Crippen molar-refractivity contribution in [2.75, 3.05) is 12.3 Å². The van der Waals surface area contributed by atoms with Crippen molar-refractivity contribution in [3.63, 3.8) is 0 Å². The summed E-state index contributed by atoms with van der Waals surface area (Å²) in [5.74, 6) is 1.18. The number of thiophene rings is 1. The SMILES string of the molecule is CCCNC(CSC(C)C)c1ccsc1. The van der Waals surface area contributed by atoms with E-state index < -0.39 is 0 Å². The van der Waals surface area contributed by atoms with Crippen LogP contribution in [0.1, 0.15) is 38.8 Å². The number of nitrogens with one attached hydrogen (secondary N) is 1. The molecule has 15 heavy (non-hydrogen) atoms. The minimum atomic E-state index is 0.531. The zero-order valence-corrected chi connectivity index (χ0v) is 11.5. The lowest BCUT2D eigenvalue weighted by Crippen LogP contribution is -2.24. The lowest BCUT2D eigenvalue weighted by molar-refractivity contribution is 0.578. The monoisotopic (exact) mass is 243 g/mol. The van der Waals surface area contributed by atoms with Crippen LogP contribution in [0.5, 0.6) is 0 Å². The molecule has 0 fully saturated rings. The van der Waals surface area contributed by atoms with Crippen LogP contribution in [-0.4, -0.2) is 17.5 Å². The molecule has 0 aromatic carbocycles. The first-order valence-electron chi connectivity index (χ1n) is 5.61. The largest absolute Gasteiger partial charge is 0.309 e. The Hall–Kier alpha value is 0.01000. The summed E-state index contributed by atoms with van der Waals surface area (Å²) in [7, 11) is 0. The van der Waals surface area contributed by atoms with Crippen molar-refractivity contribution in [3.05, 3.63) is 22.4 Å². The molecule has 0 spiro atoms. The van der Waals surface area contributed by atoms with Gasteiger partial charge in [0.05, 0.1) is 0 Å². The predicted molar refractivity (Wildman–Crippen MR) is 72.9 cm³/mol. The van der Waals surface area contributed by atoms with Gasteiger partial charge < -0.3 is 5.32 Å². The molecule has 1 heterocycles. The predicted octanol–water partition coefficient (Wildman–Crippen LogP) is 3.93. The Bertz CT molecular complexity index is 244. The average molecular weight is 243 g/mol. The van der Waals surface area contributed by atoms with Crippen molar-refractivity contribution in [1.29, 1.82) is 0 Å². The molecule has 0 amide bonds. The van der Waals surface area contributed by atoms with E-state index in [2.05, 4.69) is 42.9 Å². The lowest BCUT2D eigenvalue weighted by atomic mass is 10.2. The molecule has 0 aliphatic carbocycles. The third kappa shape index (κ3) is 5.05. The average Bonchev–Trinajstić information content (AvgIpc) is 2.71. The van der Waals surface area contributed by atoms with Crippen molar-refractivity contribution in [2.45, 2.75) is 38.5 Å². The Morgan fingerprint density at radius 3 is 2.80 bits per heavy atom. The van der Waals surface area contributed by atoms with E-state index in [0.29, 0.717) is 6.04 Å². The summed E-state index contributed by atoms with van der Waals surface area (Å²) < 4.78 is 0. The Morgan fingerprint density at radius 1 is 1.47 bits per heavy atom. The van der Waals surface area contributed by atoms with Gasteiger partial charge in [-0.2, -0.15) is 23.1 Å². The van der Waals surface area contributed by atoms with Crippen molar-refractivity contribution in [2.24, 2.45) is 0 Å². The van der Waals surface area contributed by atoms with Gasteiger partial charge in [0.2, 0.25) is 0 Å². The van der Waals surface area contributed by atoms with Gasteiger partial charge in [-0.3, -0.25) is 0 Å². The van der Waals surface area contributed by atoms with E-state index in [1.807, 2.05) is 11.8 Å². The molecule has 1 aromatic rings. The Labute approximate surface area is 102 Å². The fourth-order valence-corrected chi connectivity index (χ4v) is 2.96. The Morgan fingerprint density at radius 2 is 2.27 bits per heavy atom. The first-order chi connectivity index (χ1) is 7.24. The maximum atomic E-state index is 3.61. The molecular weight excluding hydrogens is 222 g/mol. The van der Waals surface area contributed by atoms with Crippen LogP contribution in [-0.2, 0) is 0 Å². The molecule has 0 aliphatic heterocycles. The first-order valence-corrected chi connectivity index (χ1v) is 7.60. The van der Waals surface area contributed by atoms with E-state index in [0.717, 1.165) is 11.8 Å². The van der Waals surface area contributed by atoms with Crippen LogP contribution in [0.4, 0.5) is 0 Å². The fourth-order valence-electron chi connectivity index (χ4n) is 1.35. The number of thioether (sulfide) groups is 1. The number of hydrogen-bond acceptors (Lipinski definition) is 3. The molecule has 1 unspecified atom stereocenters. The zero-order chi connectivity index (χ0) is 11.1. The molecule has 1 rings (SSSR count). The first kappa shape index (κ1) is 13.1. The van der Waals surface area contributed by atoms with Crippen LogP contribution >= 0.6 is 23.1 Å². The summed E-state index contributed by atoms with van der Waals surface area (Å²) in [6.07, 6.45) is 1.20. The van der Waals surface area contributed by atoms with Gasteiger partial charge in [0.25, 0.3) is 0 Å². The lowest BCUT2D eigenvalue weighted by Gasteiger charge is -2.18. The fraction of sp³-hybridized carbons (Fsp3) is 0.667. The van der Waals surface area contributed by atoms with Crippen LogP contribution in [0.2, 0.25) is 0 Å². The van der Waals surface area contributed by atoms with Gasteiger partial charge in [-0.15, -0.1) is 0 Å². The molecule has 0 saturated carbocycles. The topological polar surface area (TPSA) is 12.0 Å².